The summed E-state index contributed by atoms with van der Waals surface area (Å²) in [4.78, 5) is 8.87. The predicted octanol–water partition coefficient (Wildman–Crippen LogP) is 2.86. The molecule has 0 bridgehead atoms. The van der Waals surface area contributed by atoms with Crippen molar-refractivity contribution in [2.75, 3.05) is 6.54 Å². The standard InChI is InChI=1S/C17H20N4/c1-13(19-11-9-14-6-5-10-18-12-14)17-20-15-7-3-4-8-16(15)21(17)2/h3-8,10,12-13,19H,9,11H2,1-2H3. The molecule has 1 N–H and O–H groups in total. The van der Waals surface area contributed by atoms with E-state index in [0.717, 1.165) is 24.3 Å². The summed E-state index contributed by atoms with van der Waals surface area (Å²) in [6.45, 7) is 3.07. The number of hydrogen-bond donors (Lipinski definition) is 1. The van der Waals surface area contributed by atoms with E-state index in [1.54, 1.807) is 6.20 Å². The van der Waals surface area contributed by atoms with Crippen LogP contribution in [0.5, 0.6) is 0 Å². The maximum Gasteiger partial charge on any atom is 0.126 e. The zero-order valence-corrected chi connectivity index (χ0v) is 12.5. The minimum absolute atomic E-state index is 0.221. The fraction of sp³-hybridized carbons (Fsp3) is 0.294. The fourth-order valence-corrected chi connectivity index (χ4v) is 2.62. The van der Waals surface area contributed by atoms with Gasteiger partial charge in [0.1, 0.15) is 5.82 Å². The Hall–Kier alpha value is -2.20. The van der Waals surface area contributed by atoms with Crippen LogP contribution in [-0.4, -0.2) is 21.1 Å². The minimum Gasteiger partial charge on any atom is -0.330 e. The van der Waals surface area contributed by atoms with Crippen LogP contribution in [0.1, 0.15) is 24.4 Å². The van der Waals surface area contributed by atoms with Gasteiger partial charge in [-0.25, -0.2) is 4.98 Å². The van der Waals surface area contributed by atoms with E-state index in [4.69, 9.17) is 4.98 Å². The third kappa shape index (κ3) is 2.95. The second-order valence-electron chi connectivity index (χ2n) is 5.30. The van der Waals surface area contributed by atoms with Crippen LogP contribution in [0.4, 0.5) is 0 Å². The van der Waals surface area contributed by atoms with Crippen molar-refractivity contribution in [3.05, 3.63) is 60.2 Å². The Kier molecular flexibility index (Phi) is 3.97. The number of nitrogens with zero attached hydrogens (tertiary/aromatic N) is 3. The number of fused-ring (bicyclic) bond motifs is 1. The summed E-state index contributed by atoms with van der Waals surface area (Å²) in [5.74, 6) is 1.07. The zero-order valence-electron chi connectivity index (χ0n) is 12.5. The summed E-state index contributed by atoms with van der Waals surface area (Å²) in [5.41, 5.74) is 3.48. The molecule has 108 valence electrons. The monoisotopic (exact) mass is 280 g/mol. The molecule has 1 atom stereocenters. The van der Waals surface area contributed by atoms with Crippen LogP contribution in [0.3, 0.4) is 0 Å². The van der Waals surface area contributed by atoms with Gasteiger partial charge in [-0.1, -0.05) is 18.2 Å². The zero-order chi connectivity index (χ0) is 14.7. The highest BCUT2D eigenvalue weighted by molar-refractivity contribution is 5.75. The molecule has 0 saturated heterocycles. The molecule has 0 aliphatic carbocycles. The number of aromatic nitrogens is 3. The van der Waals surface area contributed by atoms with Gasteiger partial charge in [0.25, 0.3) is 0 Å². The largest absolute Gasteiger partial charge is 0.330 e. The van der Waals surface area contributed by atoms with Crippen LogP contribution >= 0.6 is 0 Å². The molecule has 3 rings (SSSR count). The Morgan fingerprint density at radius 3 is 2.81 bits per heavy atom. The summed E-state index contributed by atoms with van der Waals surface area (Å²) in [6, 6.07) is 12.5. The lowest BCUT2D eigenvalue weighted by atomic mass is 10.2. The van der Waals surface area contributed by atoms with Gasteiger partial charge in [0, 0.05) is 19.4 Å². The average Bonchev–Trinajstić information content (AvgIpc) is 2.86. The number of imidazole rings is 1. The molecule has 0 radical (unpaired) electrons. The maximum absolute atomic E-state index is 4.73. The number of para-hydroxylation sites is 2. The molecule has 2 heterocycles. The van der Waals surface area contributed by atoms with E-state index < -0.39 is 0 Å². The summed E-state index contributed by atoms with van der Waals surface area (Å²) >= 11 is 0. The summed E-state index contributed by atoms with van der Waals surface area (Å²) in [5, 5.41) is 3.54. The van der Waals surface area contributed by atoms with Gasteiger partial charge in [-0.2, -0.15) is 0 Å². The molecule has 0 aliphatic heterocycles. The van der Waals surface area contributed by atoms with Crippen LogP contribution in [0, 0.1) is 0 Å². The van der Waals surface area contributed by atoms with Crippen molar-refractivity contribution in [1.29, 1.82) is 0 Å². The lowest BCUT2D eigenvalue weighted by molar-refractivity contribution is 0.536. The van der Waals surface area contributed by atoms with Gasteiger partial charge in [0.2, 0.25) is 0 Å². The quantitative estimate of drug-likeness (QED) is 0.781. The van der Waals surface area contributed by atoms with Crippen LogP contribution in [0.15, 0.2) is 48.8 Å². The molecule has 0 fully saturated rings. The molecule has 3 aromatic rings. The van der Waals surface area contributed by atoms with E-state index in [1.165, 1.54) is 11.1 Å². The van der Waals surface area contributed by atoms with Crippen LogP contribution in [0.25, 0.3) is 11.0 Å². The first kappa shape index (κ1) is 13.8. The number of rotatable bonds is 5. The fourth-order valence-electron chi connectivity index (χ4n) is 2.62. The van der Waals surface area contributed by atoms with Crippen LogP contribution in [0.2, 0.25) is 0 Å². The van der Waals surface area contributed by atoms with E-state index in [2.05, 4.69) is 47.0 Å². The SMILES string of the molecule is CC(NCCc1cccnc1)c1nc2ccccc2n1C. The smallest absolute Gasteiger partial charge is 0.126 e. The normalized spacial score (nSPS) is 12.7. The van der Waals surface area contributed by atoms with Crippen molar-refractivity contribution in [2.24, 2.45) is 7.05 Å². The highest BCUT2D eigenvalue weighted by atomic mass is 15.1. The van der Waals surface area contributed by atoms with Crippen LogP contribution in [-0.2, 0) is 13.5 Å². The molecule has 4 nitrogen and oxygen atoms in total. The highest BCUT2D eigenvalue weighted by Gasteiger charge is 2.13. The summed E-state index contributed by atoms with van der Waals surface area (Å²) in [7, 11) is 2.07. The van der Waals surface area contributed by atoms with Crippen molar-refractivity contribution in [1.82, 2.24) is 19.9 Å². The number of aryl methyl sites for hydroxylation is 1. The molecule has 1 unspecified atom stereocenters. The average molecular weight is 280 g/mol. The number of nitrogens with one attached hydrogen (secondary N) is 1. The topological polar surface area (TPSA) is 42.7 Å². The van der Waals surface area contributed by atoms with Gasteiger partial charge in [-0.3, -0.25) is 4.98 Å². The van der Waals surface area contributed by atoms with Gasteiger partial charge in [-0.05, 0) is 43.7 Å². The second kappa shape index (κ2) is 6.06. The molecule has 0 spiro atoms. The first-order chi connectivity index (χ1) is 10.3. The Balaban J connectivity index is 1.67. The van der Waals surface area contributed by atoms with Gasteiger partial charge >= 0.3 is 0 Å². The second-order valence-corrected chi connectivity index (χ2v) is 5.30. The van der Waals surface area contributed by atoms with E-state index >= 15 is 0 Å². The first-order valence-corrected chi connectivity index (χ1v) is 7.29. The van der Waals surface area contributed by atoms with E-state index in [-0.39, 0.29) is 6.04 Å². The molecule has 21 heavy (non-hydrogen) atoms. The van der Waals surface area contributed by atoms with E-state index in [9.17, 15) is 0 Å². The Morgan fingerprint density at radius 1 is 1.19 bits per heavy atom. The Bertz CT molecular complexity index is 718. The van der Waals surface area contributed by atoms with Gasteiger partial charge < -0.3 is 9.88 Å². The van der Waals surface area contributed by atoms with E-state index in [0.29, 0.717) is 0 Å². The van der Waals surface area contributed by atoms with E-state index in [1.807, 2.05) is 24.4 Å². The van der Waals surface area contributed by atoms with Crippen molar-refractivity contribution < 1.29 is 0 Å². The molecule has 4 heteroatoms. The third-order valence-corrected chi connectivity index (χ3v) is 3.80. The predicted molar refractivity (Wildman–Crippen MR) is 85.1 cm³/mol. The van der Waals surface area contributed by atoms with Gasteiger partial charge in [-0.15, -0.1) is 0 Å². The van der Waals surface area contributed by atoms with Gasteiger partial charge in [0.15, 0.2) is 0 Å². The Labute approximate surface area is 124 Å². The molecule has 2 aromatic heterocycles. The molecule has 1 aromatic carbocycles. The van der Waals surface area contributed by atoms with Crippen LogP contribution < -0.4 is 5.32 Å². The van der Waals surface area contributed by atoms with Crippen molar-refractivity contribution >= 4 is 11.0 Å². The van der Waals surface area contributed by atoms with Gasteiger partial charge in [0.05, 0.1) is 17.1 Å². The molecule has 0 saturated carbocycles. The first-order valence-electron chi connectivity index (χ1n) is 7.29. The van der Waals surface area contributed by atoms with Crippen molar-refractivity contribution in [2.45, 2.75) is 19.4 Å². The molecular formula is C17H20N4. The lowest BCUT2D eigenvalue weighted by Gasteiger charge is -2.13. The maximum atomic E-state index is 4.73. The molecule has 0 aliphatic rings. The third-order valence-electron chi connectivity index (χ3n) is 3.80. The lowest BCUT2D eigenvalue weighted by Crippen LogP contribution is -2.23. The highest BCUT2D eigenvalue weighted by Crippen LogP contribution is 2.18. The molecular weight excluding hydrogens is 260 g/mol. The number of pyridine rings is 1. The number of benzene rings is 1. The summed E-state index contributed by atoms with van der Waals surface area (Å²) < 4.78 is 2.16. The summed E-state index contributed by atoms with van der Waals surface area (Å²) in [6.07, 6.45) is 4.70. The Morgan fingerprint density at radius 2 is 2.05 bits per heavy atom. The minimum atomic E-state index is 0.221. The van der Waals surface area contributed by atoms with Crippen molar-refractivity contribution in [3.63, 3.8) is 0 Å². The number of hydrogen-bond acceptors (Lipinski definition) is 3. The van der Waals surface area contributed by atoms with Crippen molar-refractivity contribution in [3.8, 4) is 0 Å². The molecule has 0 amide bonds.